The fourth-order valence-corrected chi connectivity index (χ4v) is 2.87. The number of nitrogens with one attached hydrogen (secondary N) is 1. The number of rotatable bonds is 2. The van der Waals surface area contributed by atoms with Crippen molar-refractivity contribution in [3.05, 3.63) is 34.6 Å². The Kier molecular flexibility index (Phi) is 4.49. The molecule has 0 bridgehead atoms. The van der Waals surface area contributed by atoms with Crippen molar-refractivity contribution in [2.45, 2.75) is 33.4 Å². The molecular weight excluding hydrogens is 263 g/mol. The van der Waals surface area contributed by atoms with Crippen LogP contribution in [-0.2, 0) is 6.54 Å². The van der Waals surface area contributed by atoms with Gasteiger partial charge in [0.15, 0.2) is 0 Å². The third kappa shape index (κ3) is 3.68. The summed E-state index contributed by atoms with van der Waals surface area (Å²) >= 11 is 5.85. The molecule has 2 nitrogen and oxygen atoms in total. The zero-order valence-electron chi connectivity index (χ0n) is 11.8. The number of halogens is 2. The van der Waals surface area contributed by atoms with Crippen molar-refractivity contribution in [2.24, 2.45) is 5.41 Å². The third-order valence-corrected chi connectivity index (χ3v) is 4.01. The highest BCUT2D eigenvalue weighted by atomic mass is 35.5. The first-order chi connectivity index (χ1) is 8.88. The Hall–Kier alpha value is -0.640. The highest BCUT2D eigenvalue weighted by Crippen LogP contribution is 2.27. The van der Waals surface area contributed by atoms with Gasteiger partial charge in [0, 0.05) is 32.2 Å². The normalized spacial score (nSPS) is 21.6. The lowest BCUT2D eigenvalue weighted by Crippen LogP contribution is -2.56. The average molecular weight is 285 g/mol. The van der Waals surface area contributed by atoms with Crippen molar-refractivity contribution >= 4 is 11.6 Å². The van der Waals surface area contributed by atoms with Crippen LogP contribution in [-0.4, -0.2) is 30.6 Å². The topological polar surface area (TPSA) is 15.3 Å². The van der Waals surface area contributed by atoms with E-state index >= 15 is 0 Å². The Balaban J connectivity index is 2.13. The van der Waals surface area contributed by atoms with E-state index in [9.17, 15) is 4.39 Å². The molecule has 0 aliphatic carbocycles. The molecule has 1 aromatic rings. The molecule has 4 heteroatoms. The van der Waals surface area contributed by atoms with Crippen LogP contribution >= 0.6 is 11.6 Å². The molecule has 0 saturated carbocycles. The second-order valence-electron chi connectivity index (χ2n) is 6.30. The van der Waals surface area contributed by atoms with Crippen LogP contribution in [0.2, 0.25) is 5.02 Å². The number of benzene rings is 1. The van der Waals surface area contributed by atoms with Crippen LogP contribution in [0.4, 0.5) is 4.39 Å². The molecular formula is C15H22ClFN2. The summed E-state index contributed by atoms with van der Waals surface area (Å²) in [6.07, 6.45) is 0. The van der Waals surface area contributed by atoms with Gasteiger partial charge in [0.2, 0.25) is 0 Å². The first kappa shape index (κ1) is 14.8. The van der Waals surface area contributed by atoms with Crippen LogP contribution < -0.4 is 5.32 Å². The van der Waals surface area contributed by atoms with Gasteiger partial charge in [-0.15, -0.1) is 0 Å². The Bertz CT molecular complexity index is 442. The molecule has 0 radical (unpaired) electrons. The van der Waals surface area contributed by atoms with Gasteiger partial charge in [0.1, 0.15) is 5.82 Å². The third-order valence-electron chi connectivity index (χ3n) is 3.72. The van der Waals surface area contributed by atoms with E-state index in [0.29, 0.717) is 6.04 Å². The molecule has 1 unspecified atom stereocenters. The molecule has 1 atom stereocenters. The zero-order chi connectivity index (χ0) is 14.0. The summed E-state index contributed by atoms with van der Waals surface area (Å²) in [7, 11) is 0. The van der Waals surface area contributed by atoms with Gasteiger partial charge >= 0.3 is 0 Å². The number of hydrogen-bond donors (Lipinski definition) is 1. The maximum absolute atomic E-state index is 13.2. The first-order valence-electron chi connectivity index (χ1n) is 6.76. The van der Waals surface area contributed by atoms with Crippen molar-refractivity contribution in [2.75, 3.05) is 19.6 Å². The van der Waals surface area contributed by atoms with Gasteiger partial charge in [-0.25, -0.2) is 4.39 Å². The Morgan fingerprint density at radius 1 is 1.42 bits per heavy atom. The molecule has 0 spiro atoms. The lowest BCUT2D eigenvalue weighted by Gasteiger charge is -2.43. The summed E-state index contributed by atoms with van der Waals surface area (Å²) in [5.41, 5.74) is 1.29. The molecule has 1 saturated heterocycles. The van der Waals surface area contributed by atoms with Crippen LogP contribution in [0, 0.1) is 11.2 Å². The molecule has 1 heterocycles. The summed E-state index contributed by atoms with van der Waals surface area (Å²) < 4.78 is 13.2. The molecule has 106 valence electrons. The van der Waals surface area contributed by atoms with E-state index in [2.05, 4.69) is 31.0 Å². The van der Waals surface area contributed by atoms with Crippen molar-refractivity contribution in [1.29, 1.82) is 0 Å². The van der Waals surface area contributed by atoms with Gasteiger partial charge in [-0.1, -0.05) is 38.4 Å². The van der Waals surface area contributed by atoms with Crippen LogP contribution in [0.1, 0.15) is 26.3 Å². The summed E-state index contributed by atoms with van der Waals surface area (Å²) in [5, 5.41) is 3.66. The van der Waals surface area contributed by atoms with E-state index in [1.165, 1.54) is 6.07 Å². The summed E-state index contributed by atoms with van der Waals surface area (Å²) in [6.45, 7) is 10.6. The van der Waals surface area contributed by atoms with Gasteiger partial charge < -0.3 is 5.32 Å². The molecule has 1 N–H and O–H groups in total. The lowest BCUT2D eigenvalue weighted by molar-refractivity contribution is 0.0689. The number of piperazine rings is 1. The van der Waals surface area contributed by atoms with E-state index in [1.807, 2.05) is 6.07 Å². The van der Waals surface area contributed by atoms with E-state index in [1.54, 1.807) is 6.07 Å². The van der Waals surface area contributed by atoms with E-state index in [4.69, 9.17) is 11.6 Å². The number of nitrogens with zero attached hydrogens (tertiary/aromatic N) is 1. The van der Waals surface area contributed by atoms with Gasteiger partial charge in [-0.2, -0.15) is 0 Å². The van der Waals surface area contributed by atoms with Crippen LogP contribution in [0.5, 0.6) is 0 Å². The first-order valence-corrected chi connectivity index (χ1v) is 7.14. The van der Waals surface area contributed by atoms with Gasteiger partial charge in [0.05, 0.1) is 5.02 Å². The molecule has 1 aromatic carbocycles. The van der Waals surface area contributed by atoms with E-state index in [-0.39, 0.29) is 16.3 Å². The summed E-state index contributed by atoms with van der Waals surface area (Å²) in [6, 6.07) is 5.48. The molecule has 2 rings (SSSR count). The quantitative estimate of drug-likeness (QED) is 0.896. The lowest BCUT2D eigenvalue weighted by atomic mass is 9.84. The summed E-state index contributed by atoms with van der Waals surface area (Å²) in [4.78, 5) is 2.46. The van der Waals surface area contributed by atoms with Crippen LogP contribution in [0.25, 0.3) is 0 Å². The SMILES string of the molecule is CC(C)(C)C1CNCCN1Cc1ccc(F)c(Cl)c1. The Morgan fingerprint density at radius 3 is 2.79 bits per heavy atom. The Labute approximate surface area is 119 Å². The molecule has 1 aliphatic rings. The minimum Gasteiger partial charge on any atom is -0.314 e. The summed E-state index contributed by atoms with van der Waals surface area (Å²) in [5.74, 6) is -0.349. The standard InChI is InChI=1S/C15H22ClFN2/c1-15(2,3)14-9-18-6-7-19(14)10-11-4-5-13(17)12(16)8-11/h4-5,8,14,18H,6-7,9-10H2,1-3H3. The van der Waals surface area contributed by atoms with Crippen LogP contribution in [0.15, 0.2) is 18.2 Å². The highest BCUT2D eigenvalue weighted by molar-refractivity contribution is 6.30. The number of hydrogen-bond acceptors (Lipinski definition) is 2. The van der Waals surface area contributed by atoms with Crippen molar-refractivity contribution in [1.82, 2.24) is 10.2 Å². The van der Waals surface area contributed by atoms with Crippen molar-refractivity contribution < 1.29 is 4.39 Å². The molecule has 1 fully saturated rings. The maximum atomic E-state index is 13.2. The molecule has 1 aliphatic heterocycles. The largest absolute Gasteiger partial charge is 0.314 e. The predicted octanol–water partition coefficient (Wildman–Crippen LogP) is 3.30. The average Bonchev–Trinajstić information content (AvgIpc) is 2.33. The minimum atomic E-state index is -0.349. The second-order valence-corrected chi connectivity index (χ2v) is 6.71. The molecule has 0 amide bonds. The van der Waals surface area contributed by atoms with Gasteiger partial charge in [-0.3, -0.25) is 4.90 Å². The van der Waals surface area contributed by atoms with Gasteiger partial charge in [-0.05, 0) is 23.1 Å². The monoisotopic (exact) mass is 284 g/mol. The Morgan fingerprint density at radius 2 is 2.16 bits per heavy atom. The fourth-order valence-electron chi connectivity index (χ4n) is 2.66. The van der Waals surface area contributed by atoms with Gasteiger partial charge in [0.25, 0.3) is 0 Å². The van der Waals surface area contributed by atoms with E-state index in [0.717, 1.165) is 31.7 Å². The van der Waals surface area contributed by atoms with Crippen LogP contribution in [0.3, 0.4) is 0 Å². The smallest absolute Gasteiger partial charge is 0.141 e. The second kappa shape index (κ2) is 5.78. The molecule has 19 heavy (non-hydrogen) atoms. The van der Waals surface area contributed by atoms with Crippen molar-refractivity contribution in [3.8, 4) is 0 Å². The minimum absolute atomic E-state index is 0.208. The maximum Gasteiger partial charge on any atom is 0.141 e. The zero-order valence-corrected chi connectivity index (χ0v) is 12.6. The fraction of sp³-hybridized carbons (Fsp3) is 0.600. The molecule has 0 aromatic heterocycles. The predicted molar refractivity (Wildman–Crippen MR) is 77.9 cm³/mol. The highest BCUT2D eigenvalue weighted by Gasteiger charge is 2.32. The van der Waals surface area contributed by atoms with Crippen molar-refractivity contribution in [3.63, 3.8) is 0 Å². The van der Waals surface area contributed by atoms with E-state index < -0.39 is 0 Å².